The van der Waals surface area contributed by atoms with Gasteiger partial charge in [0.05, 0.1) is 28.8 Å². The Morgan fingerprint density at radius 3 is 2.91 bits per heavy atom. The summed E-state index contributed by atoms with van der Waals surface area (Å²) < 4.78 is 7.97. The Morgan fingerprint density at radius 1 is 1.24 bits per heavy atom. The Labute approximate surface area is 198 Å². The maximum atomic E-state index is 6.60. The van der Waals surface area contributed by atoms with E-state index in [0.29, 0.717) is 62.9 Å². The van der Waals surface area contributed by atoms with Crippen LogP contribution in [0.3, 0.4) is 0 Å². The van der Waals surface area contributed by atoms with Gasteiger partial charge in [0.1, 0.15) is 23.6 Å². The van der Waals surface area contributed by atoms with Crippen LogP contribution in [-0.4, -0.2) is 46.1 Å². The van der Waals surface area contributed by atoms with Gasteiger partial charge in [-0.25, -0.2) is 24.9 Å². The molecule has 0 aliphatic carbocycles. The fourth-order valence-corrected chi connectivity index (χ4v) is 4.53. The highest BCUT2D eigenvalue weighted by Gasteiger charge is 2.19. The molecular weight excluding hydrogens is 462 g/mol. The lowest BCUT2D eigenvalue weighted by atomic mass is 10.3. The molecule has 33 heavy (non-hydrogen) atoms. The number of nitrogens with one attached hydrogen (secondary N) is 1. The topological polar surface area (TPSA) is 133 Å². The lowest BCUT2D eigenvalue weighted by Crippen LogP contribution is -2.08. The molecule has 5 aromatic rings. The minimum Gasteiger partial charge on any atom is -0.475 e. The lowest BCUT2D eigenvalue weighted by Gasteiger charge is -2.09. The monoisotopic (exact) mass is 481 g/mol. The molecule has 12 heteroatoms. The molecule has 168 valence electrons. The molecule has 5 rings (SSSR count). The van der Waals surface area contributed by atoms with Gasteiger partial charge in [-0.2, -0.15) is 4.98 Å². The average molecular weight is 482 g/mol. The van der Waals surface area contributed by atoms with Crippen molar-refractivity contribution in [1.82, 2.24) is 39.5 Å². The first-order valence-electron chi connectivity index (χ1n) is 10.3. The molecule has 5 heterocycles. The summed E-state index contributed by atoms with van der Waals surface area (Å²) in [6, 6.07) is 1.89. The summed E-state index contributed by atoms with van der Waals surface area (Å²) in [5.74, 6) is 1.37. The average Bonchev–Trinajstić information content (AvgIpc) is 3.41. The van der Waals surface area contributed by atoms with Gasteiger partial charge < -0.3 is 20.0 Å². The molecule has 0 spiro atoms. The molecule has 0 aliphatic heterocycles. The zero-order chi connectivity index (χ0) is 22.9. The molecule has 0 aliphatic rings. The number of nitrogens with two attached hydrogens (primary N) is 1. The van der Waals surface area contributed by atoms with Crippen molar-refractivity contribution in [1.29, 1.82) is 0 Å². The van der Waals surface area contributed by atoms with Crippen LogP contribution in [0.5, 0.6) is 5.88 Å². The number of anilines is 1. The van der Waals surface area contributed by atoms with E-state index in [-0.39, 0.29) is 0 Å². The third-order valence-electron chi connectivity index (χ3n) is 4.97. The normalized spacial score (nSPS) is 11.5. The van der Waals surface area contributed by atoms with E-state index < -0.39 is 0 Å². The summed E-state index contributed by atoms with van der Waals surface area (Å²) in [5.41, 5.74) is 8.71. The second-order valence-electron chi connectivity index (χ2n) is 7.25. The predicted octanol–water partition coefficient (Wildman–Crippen LogP) is 3.83. The largest absolute Gasteiger partial charge is 0.475 e. The maximum Gasteiger partial charge on any atom is 0.228 e. The molecule has 0 radical (unpaired) electrons. The molecule has 0 saturated heterocycles. The van der Waals surface area contributed by atoms with Gasteiger partial charge in [0.2, 0.25) is 5.88 Å². The number of H-pyrrole nitrogens is 1. The zero-order valence-electron chi connectivity index (χ0n) is 17.9. The van der Waals surface area contributed by atoms with Crippen LogP contribution in [0.25, 0.3) is 22.1 Å². The number of imidazole rings is 1. The number of hydrogen-bond acceptors (Lipinski definition) is 9. The van der Waals surface area contributed by atoms with Gasteiger partial charge in [-0.05, 0) is 31.2 Å². The number of aromatic amines is 1. The van der Waals surface area contributed by atoms with Gasteiger partial charge in [-0.3, -0.25) is 0 Å². The van der Waals surface area contributed by atoms with Crippen molar-refractivity contribution in [2.45, 2.75) is 36.9 Å². The van der Waals surface area contributed by atoms with Crippen LogP contribution in [0.15, 0.2) is 41.0 Å². The van der Waals surface area contributed by atoms with Crippen molar-refractivity contribution >= 4 is 51.2 Å². The zero-order valence-corrected chi connectivity index (χ0v) is 19.5. The van der Waals surface area contributed by atoms with Crippen molar-refractivity contribution in [3.8, 4) is 5.88 Å². The first kappa shape index (κ1) is 21.4. The van der Waals surface area contributed by atoms with Crippen LogP contribution in [0.2, 0.25) is 5.02 Å². The molecule has 0 unspecified atom stereocenters. The van der Waals surface area contributed by atoms with E-state index in [2.05, 4.69) is 34.9 Å². The first-order valence-corrected chi connectivity index (χ1v) is 11.5. The highest BCUT2D eigenvalue weighted by Crippen LogP contribution is 2.36. The second kappa shape index (κ2) is 8.83. The van der Waals surface area contributed by atoms with Gasteiger partial charge in [-0.1, -0.05) is 18.5 Å². The number of aromatic nitrogens is 8. The number of ether oxygens (including phenoxy) is 1. The van der Waals surface area contributed by atoms with Crippen LogP contribution in [0.4, 0.5) is 5.82 Å². The quantitative estimate of drug-likeness (QED) is 0.332. The van der Waals surface area contributed by atoms with Crippen LogP contribution in [-0.2, 0) is 13.0 Å². The standard InChI is InChI=1S/C21H20ClN9OS/c1-3-13-16(22)15-19(28-13)29-21(30-20(15)32-7-6-31-5-4-24-10-31)33-12-8-14-17(25-9-12)18(23)27-11(2)26-14/h4-5,8-10H,3,6-7H2,1-2H3,(H2,23,26,27)(H,28,29,30). The van der Waals surface area contributed by atoms with Crippen molar-refractivity contribution in [3.05, 3.63) is 47.5 Å². The third-order valence-corrected chi connectivity index (χ3v) is 6.21. The summed E-state index contributed by atoms with van der Waals surface area (Å²) in [7, 11) is 0. The Bertz CT molecular complexity index is 1450. The first-order chi connectivity index (χ1) is 16.0. The van der Waals surface area contributed by atoms with Crippen molar-refractivity contribution < 1.29 is 4.74 Å². The minimum absolute atomic E-state index is 0.355. The van der Waals surface area contributed by atoms with Gasteiger partial charge in [0.25, 0.3) is 0 Å². The van der Waals surface area contributed by atoms with Crippen molar-refractivity contribution in [3.63, 3.8) is 0 Å². The Morgan fingerprint density at radius 2 is 2.12 bits per heavy atom. The number of nitrogen functional groups attached to an aromatic ring is 1. The molecule has 3 N–H and O–H groups in total. The fourth-order valence-electron chi connectivity index (χ4n) is 3.42. The summed E-state index contributed by atoms with van der Waals surface area (Å²) >= 11 is 7.95. The van der Waals surface area contributed by atoms with Gasteiger partial charge >= 0.3 is 0 Å². The van der Waals surface area contributed by atoms with Crippen LogP contribution in [0, 0.1) is 6.92 Å². The number of halogens is 1. The van der Waals surface area contributed by atoms with E-state index in [9.17, 15) is 0 Å². The summed E-state index contributed by atoms with van der Waals surface area (Å²) in [6.07, 6.45) is 7.79. The van der Waals surface area contributed by atoms with E-state index in [4.69, 9.17) is 22.1 Å². The molecule has 0 amide bonds. The Kier molecular flexibility index (Phi) is 5.73. The molecule has 0 aromatic carbocycles. The number of aryl methyl sites for hydroxylation is 2. The fraction of sp³-hybridized carbons (Fsp3) is 0.238. The Hall–Kier alpha value is -3.44. The molecule has 0 bridgehead atoms. The second-order valence-corrected chi connectivity index (χ2v) is 8.67. The van der Waals surface area contributed by atoms with E-state index in [1.807, 2.05) is 23.8 Å². The molecule has 0 fully saturated rings. The number of fused-ring (bicyclic) bond motifs is 2. The highest BCUT2D eigenvalue weighted by molar-refractivity contribution is 7.99. The van der Waals surface area contributed by atoms with E-state index in [0.717, 1.165) is 17.0 Å². The number of nitrogens with zero attached hydrogens (tertiary/aromatic N) is 7. The summed E-state index contributed by atoms with van der Waals surface area (Å²) in [4.78, 5) is 30.5. The van der Waals surface area contributed by atoms with E-state index in [1.165, 1.54) is 11.8 Å². The highest BCUT2D eigenvalue weighted by atomic mass is 35.5. The molecule has 0 atom stereocenters. The van der Waals surface area contributed by atoms with Gasteiger partial charge in [0.15, 0.2) is 11.0 Å². The van der Waals surface area contributed by atoms with Gasteiger partial charge in [-0.15, -0.1) is 0 Å². The molecule has 10 nitrogen and oxygen atoms in total. The van der Waals surface area contributed by atoms with Crippen molar-refractivity contribution in [2.75, 3.05) is 12.3 Å². The van der Waals surface area contributed by atoms with Crippen LogP contribution < -0.4 is 10.5 Å². The number of hydrogen-bond donors (Lipinski definition) is 2. The SMILES string of the molecule is CCc1[nH]c2nc(Sc3cnc4c(N)nc(C)nc4c3)nc(OCCn3ccnc3)c2c1Cl. The predicted molar refractivity (Wildman–Crippen MR) is 127 cm³/mol. The third kappa shape index (κ3) is 4.29. The van der Waals surface area contributed by atoms with E-state index >= 15 is 0 Å². The maximum absolute atomic E-state index is 6.60. The number of pyridine rings is 1. The molecule has 5 aromatic heterocycles. The van der Waals surface area contributed by atoms with E-state index in [1.54, 1.807) is 25.6 Å². The van der Waals surface area contributed by atoms with Gasteiger partial charge in [0, 0.05) is 29.2 Å². The summed E-state index contributed by atoms with van der Waals surface area (Å²) in [6.45, 7) is 4.85. The lowest BCUT2D eigenvalue weighted by molar-refractivity contribution is 0.288. The van der Waals surface area contributed by atoms with Crippen molar-refractivity contribution in [2.24, 2.45) is 0 Å². The van der Waals surface area contributed by atoms with Crippen LogP contribution in [0.1, 0.15) is 18.4 Å². The van der Waals surface area contributed by atoms with Crippen LogP contribution >= 0.6 is 23.4 Å². The Balaban J connectivity index is 1.49. The number of rotatable bonds is 7. The minimum atomic E-state index is 0.355. The molecular formula is C21H20ClN9OS. The molecule has 0 saturated carbocycles. The smallest absolute Gasteiger partial charge is 0.228 e. The summed E-state index contributed by atoms with van der Waals surface area (Å²) in [5, 5.41) is 1.76.